The molecule has 0 spiro atoms. The molecule has 6 heteroatoms. The molecule has 2 saturated carbocycles. The van der Waals surface area contributed by atoms with Gasteiger partial charge in [-0.3, -0.25) is 0 Å². The average molecular weight is 345 g/mol. The van der Waals surface area contributed by atoms with Crippen LogP contribution in [0.5, 0.6) is 0 Å². The fraction of sp³-hybridized carbons (Fsp3) is 0.842. The van der Waals surface area contributed by atoms with Crippen LogP contribution < -0.4 is 5.32 Å². The third-order valence-electron chi connectivity index (χ3n) is 5.96. The van der Waals surface area contributed by atoms with Crippen LogP contribution in [0.4, 0.5) is 4.79 Å². The highest BCUT2D eigenvalue weighted by atomic mass is 16.2. The van der Waals surface area contributed by atoms with Crippen LogP contribution >= 0.6 is 0 Å². The summed E-state index contributed by atoms with van der Waals surface area (Å²) in [5, 5.41) is 7.87. The molecule has 0 radical (unpaired) electrons. The van der Waals surface area contributed by atoms with E-state index in [0.29, 0.717) is 6.04 Å². The molecule has 3 aliphatic rings. The van der Waals surface area contributed by atoms with Crippen LogP contribution in [0.2, 0.25) is 0 Å². The van der Waals surface area contributed by atoms with Crippen molar-refractivity contribution in [3.63, 3.8) is 0 Å². The van der Waals surface area contributed by atoms with Gasteiger partial charge in [-0.05, 0) is 44.4 Å². The van der Waals surface area contributed by atoms with E-state index in [0.717, 1.165) is 49.9 Å². The summed E-state index contributed by atoms with van der Waals surface area (Å²) in [5.74, 6) is 2.57. The molecule has 6 nitrogen and oxygen atoms in total. The summed E-state index contributed by atoms with van der Waals surface area (Å²) in [7, 11) is 0. The second-order valence-corrected chi connectivity index (χ2v) is 7.99. The fourth-order valence-electron chi connectivity index (χ4n) is 4.29. The minimum absolute atomic E-state index is 0.0133. The van der Waals surface area contributed by atoms with Crippen molar-refractivity contribution in [2.75, 3.05) is 6.54 Å². The van der Waals surface area contributed by atoms with Gasteiger partial charge in [-0.15, -0.1) is 0 Å². The first-order chi connectivity index (χ1) is 12.2. The maximum Gasteiger partial charge on any atom is 0.318 e. The topological polar surface area (TPSA) is 63.1 Å². The van der Waals surface area contributed by atoms with Gasteiger partial charge in [-0.2, -0.15) is 5.10 Å². The third kappa shape index (κ3) is 3.82. The molecule has 1 N–H and O–H groups in total. The lowest BCUT2D eigenvalue weighted by Crippen LogP contribution is -2.49. The van der Waals surface area contributed by atoms with E-state index in [1.165, 1.54) is 44.9 Å². The lowest BCUT2D eigenvalue weighted by molar-refractivity contribution is 0.146. The predicted octanol–water partition coefficient (Wildman–Crippen LogP) is 3.43. The van der Waals surface area contributed by atoms with Crippen LogP contribution in [-0.2, 0) is 13.0 Å². The highest BCUT2D eigenvalue weighted by molar-refractivity contribution is 5.75. The van der Waals surface area contributed by atoms with Crippen molar-refractivity contribution in [2.24, 2.45) is 5.92 Å². The summed E-state index contributed by atoms with van der Waals surface area (Å²) in [4.78, 5) is 19.9. The number of nitrogens with zero attached hydrogens (tertiary/aromatic N) is 4. The first kappa shape index (κ1) is 16.9. The average Bonchev–Trinajstić information content (AvgIpc) is 3.36. The zero-order valence-electron chi connectivity index (χ0n) is 15.4. The molecule has 138 valence electrons. The highest BCUT2D eigenvalue weighted by Gasteiger charge is 2.34. The van der Waals surface area contributed by atoms with E-state index in [4.69, 9.17) is 0 Å². The van der Waals surface area contributed by atoms with Gasteiger partial charge in [0.2, 0.25) is 0 Å². The van der Waals surface area contributed by atoms with Gasteiger partial charge in [-0.25, -0.2) is 14.5 Å². The lowest BCUT2D eigenvalue weighted by atomic mass is 9.94. The van der Waals surface area contributed by atoms with Gasteiger partial charge in [0.15, 0.2) is 5.82 Å². The van der Waals surface area contributed by atoms with Gasteiger partial charge in [0.25, 0.3) is 0 Å². The zero-order valence-corrected chi connectivity index (χ0v) is 15.4. The Hall–Kier alpha value is -1.59. The Morgan fingerprint density at radius 1 is 1.16 bits per heavy atom. The Kier molecular flexibility index (Phi) is 4.95. The van der Waals surface area contributed by atoms with E-state index >= 15 is 0 Å². The Bertz CT molecular complexity index is 603. The number of carbonyl (C=O) groups excluding carboxylic acids is 1. The molecule has 2 fully saturated rings. The molecule has 1 aliphatic heterocycles. The smallest absolute Gasteiger partial charge is 0.318 e. The van der Waals surface area contributed by atoms with Crippen LogP contribution in [0.25, 0.3) is 0 Å². The molecular formula is C19H31N5O. The number of urea groups is 1. The van der Waals surface area contributed by atoms with E-state index in [2.05, 4.69) is 27.2 Å². The van der Waals surface area contributed by atoms with E-state index < -0.39 is 0 Å². The van der Waals surface area contributed by atoms with Gasteiger partial charge in [0.05, 0.1) is 6.04 Å². The monoisotopic (exact) mass is 345 g/mol. The molecule has 0 aromatic carbocycles. The molecule has 1 atom stereocenters. The molecule has 0 saturated heterocycles. The SMILES string of the molecule is CCc1nc2n(n1)CCC[C@H]2NC(=O)N(CC1CC1)C1CCCCC1. The number of rotatable bonds is 5. The summed E-state index contributed by atoms with van der Waals surface area (Å²) in [6.07, 6.45) is 11.6. The minimum Gasteiger partial charge on any atom is -0.328 e. The summed E-state index contributed by atoms with van der Waals surface area (Å²) in [5.41, 5.74) is 0. The van der Waals surface area contributed by atoms with Crippen molar-refractivity contribution in [2.45, 2.75) is 89.8 Å². The van der Waals surface area contributed by atoms with Gasteiger partial charge < -0.3 is 10.2 Å². The molecule has 25 heavy (non-hydrogen) atoms. The first-order valence-electron chi connectivity index (χ1n) is 10.3. The number of hydrogen-bond donors (Lipinski definition) is 1. The highest BCUT2D eigenvalue weighted by Crippen LogP contribution is 2.33. The van der Waals surface area contributed by atoms with Crippen molar-refractivity contribution >= 4 is 6.03 Å². The molecule has 2 heterocycles. The quantitative estimate of drug-likeness (QED) is 0.889. The van der Waals surface area contributed by atoms with E-state index in [9.17, 15) is 4.79 Å². The van der Waals surface area contributed by atoms with Gasteiger partial charge in [-0.1, -0.05) is 26.2 Å². The maximum atomic E-state index is 13.1. The number of aromatic nitrogens is 3. The standard InChI is InChI=1S/C19H31N5O/c1-2-17-21-18-16(9-6-12-24(18)22-17)20-19(25)23(13-14-10-11-14)15-7-4-3-5-8-15/h14-16H,2-13H2,1H3,(H,20,25)/t16-/m1/s1. The van der Waals surface area contributed by atoms with Crippen LogP contribution in [0, 0.1) is 5.92 Å². The maximum absolute atomic E-state index is 13.1. The van der Waals surface area contributed by atoms with Gasteiger partial charge in [0.1, 0.15) is 5.82 Å². The normalized spacial score (nSPS) is 24.0. The largest absolute Gasteiger partial charge is 0.328 e. The van der Waals surface area contributed by atoms with Crippen LogP contribution in [0.1, 0.15) is 82.4 Å². The summed E-state index contributed by atoms with van der Waals surface area (Å²) >= 11 is 0. The summed E-state index contributed by atoms with van der Waals surface area (Å²) in [6.45, 7) is 3.94. The number of aryl methyl sites for hydroxylation is 2. The third-order valence-corrected chi connectivity index (χ3v) is 5.96. The Balaban J connectivity index is 1.46. The van der Waals surface area contributed by atoms with Crippen molar-refractivity contribution in [3.8, 4) is 0 Å². The molecular weight excluding hydrogens is 314 g/mol. The second kappa shape index (κ2) is 7.34. The number of amides is 2. The van der Waals surface area contributed by atoms with Gasteiger partial charge in [0, 0.05) is 25.6 Å². The van der Waals surface area contributed by atoms with Crippen molar-refractivity contribution in [3.05, 3.63) is 11.6 Å². The number of hydrogen-bond acceptors (Lipinski definition) is 3. The number of nitrogens with one attached hydrogen (secondary N) is 1. The van der Waals surface area contributed by atoms with Gasteiger partial charge >= 0.3 is 6.03 Å². The first-order valence-corrected chi connectivity index (χ1v) is 10.3. The molecule has 0 unspecified atom stereocenters. The van der Waals surface area contributed by atoms with Crippen molar-refractivity contribution < 1.29 is 4.79 Å². The van der Waals surface area contributed by atoms with Crippen molar-refractivity contribution in [1.29, 1.82) is 0 Å². The Morgan fingerprint density at radius 2 is 1.96 bits per heavy atom. The molecule has 2 aliphatic carbocycles. The molecule has 1 aromatic rings. The van der Waals surface area contributed by atoms with E-state index in [1.807, 2.05) is 4.68 Å². The minimum atomic E-state index is 0.0133. The second-order valence-electron chi connectivity index (χ2n) is 7.99. The summed E-state index contributed by atoms with van der Waals surface area (Å²) in [6, 6.07) is 0.569. The van der Waals surface area contributed by atoms with Crippen molar-refractivity contribution in [1.82, 2.24) is 25.0 Å². The van der Waals surface area contributed by atoms with Crippen LogP contribution in [0.15, 0.2) is 0 Å². The molecule has 2 amide bonds. The van der Waals surface area contributed by atoms with Crippen LogP contribution in [-0.4, -0.2) is 38.3 Å². The predicted molar refractivity (Wildman–Crippen MR) is 96.2 cm³/mol. The van der Waals surface area contributed by atoms with E-state index in [-0.39, 0.29) is 12.1 Å². The number of carbonyl (C=O) groups is 1. The van der Waals surface area contributed by atoms with E-state index in [1.54, 1.807) is 0 Å². The Morgan fingerprint density at radius 3 is 2.68 bits per heavy atom. The fourth-order valence-corrected chi connectivity index (χ4v) is 4.29. The zero-order chi connectivity index (χ0) is 17.2. The molecule has 4 rings (SSSR count). The molecule has 1 aromatic heterocycles. The lowest BCUT2D eigenvalue weighted by Gasteiger charge is -2.36. The molecule has 0 bridgehead atoms. The Labute approximate surface area is 150 Å². The number of fused-ring (bicyclic) bond motifs is 1. The van der Waals surface area contributed by atoms with Crippen LogP contribution in [0.3, 0.4) is 0 Å². The summed E-state index contributed by atoms with van der Waals surface area (Å²) < 4.78 is 2.00.